The summed E-state index contributed by atoms with van der Waals surface area (Å²) in [6, 6.07) is 0.479. The summed E-state index contributed by atoms with van der Waals surface area (Å²) in [4.78, 5) is 14.2. The minimum Gasteiger partial charge on any atom is -0.352 e. The van der Waals surface area contributed by atoms with Gasteiger partial charge in [-0.05, 0) is 39.2 Å². The average Bonchev–Trinajstić information content (AvgIpc) is 2.22. The van der Waals surface area contributed by atoms with Crippen LogP contribution >= 0.6 is 0 Å². The molecule has 4 nitrogen and oxygen atoms in total. The molecule has 0 aromatic rings. The van der Waals surface area contributed by atoms with Gasteiger partial charge in [0.15, 0.2) is 0 Å². The number of piperidine rings is 1. The van der Waals surface area contributed by atoms with Gasteiger partial charge in [0.05, 0.1) is 6.04 Å². The molecule has 1 aliphatic rings. The highest BCUT2D eigenvalue weighted by Gasteiger charge is 2.25. The Bertz CT molecular complexity index is 255. The third kappa shape index (κ3) is 4.64. The maximum Gasteiger partial charge on any atom is 0.237 e. The average molecular weight is 241 g/mol. The molecule has 0 bridgehead atoms. The topological polar surface area (TPSA) is 58.4 Å². The molecule has 17 heavy (non-hydrogen) atoms. The van der Waals surface area contributed by atoms with Crippen molar-refractivity contribution >= 4 is 5.91 Å². The van der Waals surface area contributed by atoms with Gasteiger partial charge >= 0.3 is 0 Å². The van der Waals surface area contributed by atoms with Gasteiger partial charge in [0.2, 0.25) is 5.91 Å². The minimum atomic E-state index is -0.357. The molecule has 0 aromatic heterocycles. The molecule has 100 valence electrons. The van der Waals surface area contributed by atoms with Crippen LogP contribution in [0.2, 0.25) is 0 Å². The first kappa shape index (κ1) is 14.5. The molecule has 0 spiro atoms. The lowest BCUT2D eigenvalue weighted by Crippen LogP contribution is -2.51. The van der Waals surface area contributed by atoms with Crippen molar-refractivity contribution < 1.29 is 4.79 Å². The molecule has 2 unspecified atom stereocenters. The van der Waals surface area contributed by atoms with Gasteiger partial charge < -0.3 is 16.0 Å². The minimum absolute atomic E-state index is 0.0143. The number of carbonyl (C=O) groups is 1. The number of nitrogens with zero attached hydrogens (tertiary/aromatic N) is 1. The third-order valence-electron chi connectivity index (χ3n) is 3.62. The quantitative estimate of drug-likeness (QED) is 0.771. The van der Waals surface area contributed by atoms with Crippen LogP contribution in [-0.4, -0.2) is 42.5 Å². The monoisotopic (exact) mass is 241 g/mol. The Labute approximate surface area is 105 Å². The Morgan fingerprint density at radius 1 is 1.53 bits per heavy atom. The third-order valence-corrected chi connectivity index (χ3v) is 3.62. The molecular formula is C13H27N3O. The lowest BCUT2D eigenvalue weighted by atomic mass is 9.97. The Kier molecular flexibility index (Phi) is 5.40. The zero-order valence-electron chi connectivity index (χ0n) is 11.6. The summed E-state index contributed by atoms with van der Waals surface area (Å²) < 4.78 is 0. The Hall–Kier alpha value is -0.610. The second-order valence-corrected chi connectivity index (χ2v) is 5.80. The van der Waals surface area contributed by atoms with Gasteiger partial charge in [0.25, 0.3) is 0 Å². The number of amides is 1. The van der Waals surface area contributed by atoms with E-state index in [1.54, 1.807) is 0 Å². The van der Waals surface area contributed by atoms with Crippen LogP contribution in [-0.2, 0) is 4.79 Å². The molecule has 0 radical (unpaired) electrons. The summed E-state index contributed by atoms with van der Waals surface area (Å²) in [5.74, 6) is 0.479. The van der Waals surface area contributed by atoms with Gasteiger partial charge in [-0.1, -0.05) is 13.8 Å². The van der Waals surface area contributed by atoms with E-state index in [2.05, 4.69) is 38.0 Å². The fourth-order valence-electron chi connectivity index (χ4n) is 2.34. The van der Waals surface area contributed by atoms with Gasteiger partial charge in [-0.25, -0.2) is 0 Å². The molecule has 1 fully saturated rings. The summed E-state index contributed by atoms with van der Waals surface area (Å²) in [5, 5.41) is 3.08. The summed E-state index contributed by atoms with van der Waals surface area (Å²) in [6.07, 6.45) is 2.81. The molecule has 3 N–H and O–H groups in total. The highest BCUT2D eigenvalue weighted by molar-refractivity contribution is 5.81. The van der Waals surface area contributed by atoms with E-state index in [9.17, 15) is 4.79 Å². The van der Waals surface area contributed by atoms with Crippen LogP contribution in [0.5, 0.6) is 0 Å². The molecule has 1 rings (SSSR count). The Balaban J connectivity index is 2.36. The smallest absolute Gasteiger partial charge is 0.237 e. The largest absolute Gasteiger partial charge is 0.352 e. The molecule has 0 aromatic carbocycles. The number of nitrogens with one attached hydrogen (secondary N) is 1. The number of likely N-dealkylation sites (tertiary alicyclic amines) is 1. The molecule has 1 aliphatic heterocycles. The van der Waals surface area contributed by atoms with E-state index in [4.69, 9.17) is 5.73 Å². The van der Waals surface area contributed by atoms with E-state index in [1.165, 1.54) is 0 Å². The predicted molar refractivity (Wildman–Crippen MR) is 70.7 cm³/mol. The van der Waals surface area contributed by atoms with Crippen molar-refractivity contribution in [3.8, 4) is 0 Å². The first-order valence-electron chi connectivity index (χ1n) is 6.66. The number of rotatable bonds is 4. The number of hydrogen-bond acceptors (Lipinski definition) is 3. The van der Waals surface area contributed by atoms with E-state index in [0.717, 1.165) is 25.8 Å². The van der Waals surface area contributed by atoms with Gasteiger partial charge in [-0.3, -0.25) is 4.79 Å². The standard InChI is InChI=1S/C13H27N3O/c1-9(2)7-12(14)13(17)15-11-5-6-16(4)10(3)8-11/h9-12H,5-8,14H2,1-4H3,(H,15,17)/t10?,11?,12-/m1/s1. The van der Waals surface area contributed by atoms with Crippen molar-refractivity contribution in [1.29, 1.82) is 0 Å². The molecule has 0 saturated carbocycles. The van der Waals surface area contributed by atoms with Gasteiger partial charge in [0, 0.05) is 18.6 Å². The molecule has 0 aliphatic carbocycles. The van der Waals surface area contributed by atoms with E-state index >= 15 is 0 Å². The SMILES string of the molecule is CC(C)C[C@@H](N)C(=O)NC1CCN(C)C(C)C1. The lowest BCUT2D eigenvalue weighted by Gasteiger charge is -2.35. The van der Waals surface area contributed by atoms with Crippen LogP contribution in [0.15, 0.2) is 0 Å². The van der Waals surface area contributed by atoms with Crippen molar-refractivity contribution in [3.05, 3.63) is 0 Å². The van der Waals surface area contributed by atoms with E-state index in [-0.39, 0.29) is 11.9 Å². The highest BCUT2D eigenvalue weighted by atomic mass is 16.2. The molecule has 4 heteroatoms. The van der Waals surface area contributed by atoms with Crippen LogP contribution in [0.1, 0.15) is 40.0 Å². The fourth-order valence-corrected chi connectivity index (χ4v) is 2.34. The van der Waals surface area contributed by atoms with Gasteiger partial charge in [-0.2, -0.15) is 0 Å². The summed E-state index contributed by atoms with van der Waals surface area (Å²) in [7, 11) is 2.13. The van der Waals surface area contributed by atoms with Crippen LogP contribution in [0.4, 0.5) is 0 Å². The van der Waals surface area contributed by atoms with E-state index in [0.29, 0.717) is 18.0 Å². The zero-order chi connectivity index (χ0) is 13.0. The molecule has 1 amide bonds. The second kappa shape index (κ2) is 6.36. The van der Waals surface area contributed by atoms with Crippen LogP contribution < -0.4 is 11.1 Å². The molecule has 3 atom stereocenters. The molecule has 1 heterocycles. The maximum atomic E-state index is 11.9. The molecular weight excluding hydrogens is 214 g/mol. The van der Waals surface area contributed by atoms with E-state index < -0.39 is 0 Å². The second-order valence-electron chi connectivity index (χ2n) is 5.80. The van der Waals surface area contributed by atoms with Crippen LogP contribution in [0.3, 0.4) is 0 Å². The molecule has 1 saturated heterocycles. The van der Waals surface area contributed by atoms with Gasteiger partial charge in [0.1, 0.15) is 0 Å². The Morgan fingerprint density at radius 3 is 2.71 bits per heavy atom. The van der Waals surface area contributed by atoms with E-state index in [1.807, 2.05) is 0 Å². The number of carbonyl (C=O) groups excluding carboxylic acids is 1. The van der Waals surface area contributed by atoms with Crippen LogP contribution in [0, 0.1) is 5.92 Å². The predicted octanol–water partition coefficient (Wildman–Crippen LogP) is 0.959. The van der Waals surface area contributed by atoms with Gasteiger partial charge in [-0.15, -0.1) is 0 Å². The highest BCUT2D eigenvalue weighted by Crippen LogP contribution is 2.15. The normalized spacial score (nSPS) is 28.1. The first-order valence-corrected chi connectivity index (χ1v) is 6.66. The maximum absolute atomic E-state index is 11.9. The van der Waals surface area contributed by atoms with Crippen molar-refractivity contribution in [1.82, 2.24) is 10.2 Å². The zero-order valence-corrected chi connectivity index (χ0v) is 11.6. The van der Waals surface area contributed by atoms with Crippen LogP contribution in [0.25, 0.3) is 0 Å². The van der Waals surface area contributed by atoms with Crippen molar-refractivity contribution in [2.45, 2.75) is 58.2 Å². The summed E-state index contributed by atoms with van der Waals surface area (Å²) >= 11 is 0. The fraction of sp³-hybridized carbons (Fsp3) is 0.923. The summed E-state index contributed by atoms with van der Waals surface area (Å²) in [5.41, 5.74) is 5.87. The number of nitrogens with two attached hydrogens (primary N) is 1. The van der Waals surface area contributed by atoms with Crippen molar-refractivity contribution in [2.75, 3.05) is 13.6 Å². The first-order chi connectivity index (χ1) is 7.90. The lowest BCUT2D eigenvalue weighted by molar-refractivity contribution is -0.123. The van der Waals surface area contributed by atoms with Crippen molar-refractivity contribution in [3.63, 3.8) is 0 Å². The number of hydrogen-bond donors (Lipinski definition) is 2. The summed E-state index contributed by atoms with van der Waals surface area (Å²) in [6.45, 7) is 7.42. The van der Waals surface area contributed by atoms with Crippen molar-refractivity contribution in [2.24, 2.45) is 11.7 Å². The Morgan fingerprint density at radius 2 is 2.18 bits per heavy atom.